The first kappa shape index (κ1) is 14.3. The first-order chi connectivity index (χ1) is 9.47. The summed E-state index contributed by atoms with van der Waals surface area (Å²) >= 11 is 3.38. The molecule has 0 unspecified atom stereocenters. The molecule has 2 rings (SSSR count). The van der Waals surface area contributed by atoms with Crippen molar-refractivity contribution in [3.8, 4) is 0 Å². The highest BCUT2D eigenvalue weighted by Crippen LogP contribution is 2.28. The molecule has 0 atom stereocenters. The lowest BCUT2D eigenvalue weighted by Crippen LogP contribution is -2.17. The van der Waals surface area contributed by atoms with E-state index in [1.54, 1.807) is 0 Å². The average molecular weight is 336 g/mol. The van der Waals surface area contributed by atoms with Gasteiger partial charge in [-0.3, -0.25) is 9.59 Å². The van der Waals surface area contributed by atoms with Gasteiger partial charge in [-0.25, -0.2) is 0 Å². The Morgan fingerprint density at radius 2 is 2.00 bits per heavy atom. The third-order valence-electron chi connectivity index (χ3n) is 2.73. The fourth-order valence-electron chi connectivity index (χ4n) is 1.74. The molecule has 0 aliphatic carbocycles. The molecule has 20 heavy (non-hydrogen) atoms. The number of halogens is 1. The van der Waals surface area contributed by atoms with Crippen LogP contribution in [0.15, 0.2) is 45.8 Å². The van der Waals surface area contributed by atoms with E-state index in [1.807, 2.05) is 37.2 Å². The van der Waals surface area contributed by atoms with Gasteiger partial charge in [-0.15, -0.1) is 0 Å². The second-order valence-electron chi connectivity index (χ2n) is 4.45. The minimum Gasteiger partial charge on any atom is -0.376 e. The number of pyridine rings is 1. The van der Waals surface area contributed by atoms with Crippen LogP contribution < -0.4 is 15.8 Å². The molecule has 0 radical (unpaired) electrons. The average Bonchev–Trinajstić information content (AvgIpc) is 2.39. The largest absolute Gasteiger partial charge is 0.376 e. The maximum absolute atomic E-state index is 12.1. The van der Waals surface area contributed by atoms with Crippen LogP contribution in [0.1, 0.15) is 10.4 Å². The lowest BCUT2D eigenvalue weighted by atomic mass is 10.2. The molecule has 0 aliphatic heterocycles. The van der Waals surface area contributed by atoms with Crippen molar-refractivity contribution in [2.45, 2.75) is 0 Å². The highest BCUT2D eigenvalue weighted by Gasteiger charge is 2.11. The summed E-state index contributed by atoms with van der Waals surface area (Å²) in [6, 6.07) is 8.46. The van der Waals surface area contributed by atoms with Crippen molar-refractivity contribution in [2.24, 2.45) is 0 Å². The minimum absolute atomic E-state index is 0.238. The van der Waals surface area contributed by atoms with Gasteiger partial charge in [0.15, 0.2) is 0 Å². The Morgan fingerprint density at radius 3 is 2.60 bits per heavy atom. The molecule has 0 saturated heterocycles. The first-order valence-electron chi connectivity index (χ1n) is 5.94. The molecule has 2 aromatic rings. The maximum Gasteiger partial charge on any atom is 0.257 e. The zero-order chi connectivity index (χ0) is 14.7. The van der Waals surface area contributed by atoms with E-state index >= 15 is 0 Å². The molecule has 5 nitrogen and oxygen atoms in total. The number of carbonyl (C=O) groups excluding carboxylic acids is 1. The van der Waals surface area contributed by atoms with E-state index in [1.165, 1.54) is 18.3 Å². The number of nitrogens with one attached hydrogen (secondary N) is 2. The minimum atomic E-state index is -0.276. The van der Waals surface area contributed by atoms with Crippen LogP contribution in [0.3, 0.4) is 0 Å². The monoisotopic (exact) mass is 335 g/mol. The van der Waals surface area contributed by atoms with E-state index in [0.29, 0.717) is 11.3 Å². The Labute approximate surface area is 124 Å². The molecular weight excluding hydrogens is 322 g/mol. The molecule has 104 valence electrons. The van der Waals surface area contributed by atoms with Gasteiger partial charge >= 0.3 is 0 Å². The zero-order valence-electron chi connectivity index (χ0n) is 11.1. The van der Waals surface area contributed by atoms with Crippen LogP contribution in [0.2, 0.25) is 0 Å². The van der Waals surface area contributed by atoms with Crippen molar-refractivity contribution in [3.63, 3.8) is 0 Å². The lowest BCUT2D eigenvalue weighted by Gasteiger charge is -2.18. The van der Waals surface area contributed by atoms with E-state index < -0.39 is 0 Å². The Morgan fingerprint density at radius 1 is 1.25 bits per heavy atom. The van der Waals surface area contributed by atoms with E-state index in [0.717, 1.165) is 10.2 Å². The second kappa shape index (κ2) is 5.92. The highest BCUT2D eigenvalue weighted by molar-refractivity contribution is 9.10. The number of rotatable bonds is 3. The maximum atomic E-state index is 12.1. The summed E-state index contributed by atoms with van der Waals surface area (Å²) in [6.07, 6.45) is 1.39. The highest BCUT2D eigenvalue weighted by atomic mass is 79.9. The number of aromatic amines is 1. The Hall–Kier alpha value is -2.08. The number of carbonyl (C=O) groups is 1. The van der Waals surface area contributed by atoms with Crippen molar-refractivity contribution in [3.05, 3.63) is 56.9 Å². The predicted molar refractivity (Wildman–Crippen MR) is 83.5 cm³/mol. The van der Waals surface area contributed by atoms with Gasteiger partial charge in [-0.05, 0) is 24.3 Å². The number of aromatic nitrogens is 1. The first-order valence-corrected chi connectivity index (χ1v) is 6.73. The van der Waals surface area contributed by atoms with Gasteiger partial charge in [0.2, 0.25) is 5.56 Å². The molecule has 1 amide bonds. The van der Waals surface area contributed by atoms with Crippen LogP contribution in [-0.2, 0) is 0 Å². The van der Waals surface area contributed by atoms with Crippen molar-refractivity contribution in [1.82, 2.24) is 4.98 Å². The van der Waals surface area contributed by atoms with Crippen LogP contribution in [0.4, 0.5) is 11.4 Å². The molecule has 0 fully saturated rings. The number of H-pyrrole nitrogens is 1. The molecule has 1 heterocycles. The molecule has 0 aliphatic rings. The Balaban J connectivity index is 2.29. The van der Waals surface area contributed by atoms with Crippen molar-refractivity contribution >= 4 is 33.2 Å². The normalized spacial score (nSPS) is 10.2. The SMILES string of the molecule is CN(C)c1ccc(Br)cc1NC(=O)c1ccc(=O)[nH]c1. The summed E-state index contributed by atoms with van der Waals surface area (Å²) in [5.74, 6) is -0.276. The molecule has 6 heteroatoms. The van der Waals surface area contributed by atoms with Gasteiger partial charge in [-0.2, -0.15) is 0 Å². The Bertz CT molecular complexity index is 675. The lowest BCUT2D eigenvalue weighted by molar-refractivity contribution is 0.102. The standard InChI is InChI=1S/C14H14BrN3O2/c1-18(2)12-5-4-10(15)7-11(12)17-14(20)9-3-6-13(19)16-8-9/h3-8H,1-2H3,(H,16,19)(H,17,20). The van der Waals surface area contributed by atoms with Crippen molar-refractivity contribution in [2.75, 3.05) is 24.3 Å². The summed E-state index contributed by atoms with van der Waals surface area (Å²) in [5.41, 5.74) is 1.75. The third kappa shape index (κ3) is 3.27. The second-order valence-corrected chi connectivity index (χ2v) is 5.37. The predicted octanol–water partition coefficient (Wildman–Crippen LogP) is 2.46. The molecule has 0 saturated carbocycles. The van der Waals surface area contributed by atoms with Gasteiger partial charge in [-0.1, -0.05) is 15.9 Å². The topological polar surface area (TPSA) is 65.2 Å². The van der Waals surface area contributed by atoms with Crippen molar-refractivity contribution < 1.29 is 4.79 Å². The smallest absolute Gasteiger partial charge is 0.257 e. The fraction of sp³-hybridized carbons (Fsp3) is 0.143. The Kier molecular flexibility index (Phi) is 4.24. The molecule has 0 spiro atoms. The van der Waals surface area contributed by atoms with E-state index in [9.17, 15) is 9.59 Å². The van der Waals surface area contributed by atoms with E-state index in [2.05, 4.69) is 26.2 Å². The summed E-state index contributed by atoms with van der Waals surface area (Å²) in [6.45, 7) is 0. The quantitative estimate of drug-likeness (QED) is 0.905. The van der Waals surface area contributed by atoms with Gasteiger partial charge in [0.25, 0.3) is 5.91 Å². The number of amides is 1. The molecule has 2 N–H and O–H groups in total. The fourth-order valence-corrected chi connectivity index (χ4v) is 2.11. The van der Waals surface area contributed by atoms with Gasteiger partial charge in [0.1, 0.15) is 0 Å². The number of nitrogens with zero attached hydrogens (tertiary/aromatic N) is 1. The van der Waals surface area contributed by atoms with Crippen molar-refractivity contribution in [1.29, 1.82) is 0 Å². The summed E-state index contributed by atoms with van der Waals surface area (Å²) in [5, 5.41) is 2.84. The van der Waals surface area contributed by atoms with Crippen LogP contribution in [0, 0.1) is 0 Å². The summed E-state index contributed by atoms with van der Waals surface area (Å²) in [7, 11) is 3.80. The van der Waals surface area contributed by atoms with Crippen LogP contribution in [0.5, 0.6) is 0 Å². The van der Waals surface area contributed by atoms with Crippen LogP contribution in [0.25, 0.3) is 0 Å². The number of hydrogen-bond donors (Lipinski definition) is 2. The summed E-state index contributed by atoms with van der Waals surface area (Å²) in [4.78, 5) is 27.5. The van der Waals surface area contributed by atoms with Gasteiger partial charge < -0.3 is 15.2 Å². The third-order valence-corrected chi connectivity index (χ3v) is 3.23. The van der Waals surface area contributed by atoms with Gasteiger partial charge in [0, 0.05) is 30.8 Å². The number of hydrogen-bond acceptors (Lipinski definition) is 3. The van der Waals surface area contributed by atoms with Crippen LogP contribution >= 0.6 is 15.9 Å². The molecular formula is C14H14BrN3O2. The van der Waals surface area contributed by atoms with Crippen LogP contribution in [-0.4, -0.2) is 25.0 Å². The number of benzene rings is 1. The summed E-state index contributed by atoms with van der Waals surface area (Å²) < 4.78 is 0.875. The molecule has 1 aromatic heterocycles. The van der Waals surface area contributed by atoms with E-state index in [4.69, 9.17) is 0 Å². The van der Waals surface area contributed by atoms with E-state index in [-0.39, 0.29) is 11.5 Å². The number of anilines is 2. The molecule has 0 bridgehead atoms. The zero-order valence-corrected chi connectivity index (χ0v) is 12.7. The molecule has 1 aromatic carbocycles. The van der Waals surface area contributed by atoms with Gasteiger partial charge in [0.05, 0.1) is 16.9 Å².